The molecule has 162 valence electrons. The molecule has 3 heterocycles. The number of nitrogens with one attached hydrogen (secondary N) is 2. The molecule has 0 radical (unpaired) electrons. The molecule has 1 aliphatic carbocycles. The number of amides is 1. The number of aliphatic hydroxyl groups is 1. The number of aryl methyl sites for hydroxylation is 3. The van der Waals surface area contributed by atoms with Gasteiger partial charge in [-0.3, -0.25) is 9.78 Å². The molecule has 1 aliphatic heterocycles. The summed E-state index contributed by atoms with van der Waals surface area (Å²) in [6, 6.07) is 4.13. The number of anilines is 1. The molecule has 5 rings (SSSR count). The number of hydrogen-bond acceptors (Lipinski definition) is 5. The second kappa shape index (κ2) is 7.64. The molecule has 4 atom stereocenters. The molecule has 7 heteroatoms. The van der Waals surface area contributed by atoms with Crippen LogP contribution in [0.5, 0.6) is 0 Å². The Balaban J connectivity index is 1.34. The number of aliphatic hydroxyl groups excluding tert-OH is 1. The number of rotatable bonds is 3. The minimum Gasteiger partial charge on any atom is -0.391 e. The molecule has 2 fully saturated rings. The summed E-state index contributed by atoms with van der Waals surface area (Å²) in [7, 11) is 0. The SMILES string of the molecule is Cc1ccc(C)c2c(C)c(C(=O)N3C[C@H]4C[C@@H](Nc5cnccn5)[C@H](O)C[C@H]4C3)[nH]c12. The van der Waals surface area contributed by atoms with Crippen LogP contribution in [0.15, 0.2) is 30.7 Å². The average molecular weight is 420 g/mol. The second-order valence-corrected chi connectivity index (χ2v) is 9.18. The van der Waals surface area contributed by atoms with Crippen LogP contribution in [-0.2, 0) is 0 Å². The molecule has 1 saturated heterocycles. The van der Waals surface area contributed by atoms with Crippen LogP contribution in [-0.4, -0.2) is 56.1 Å². The fourth-order valence-corrected chi connectivity index (χ4v) is 5.49. The Morgan fingerprint density at radius 2 is 1.87 bits per heavy atom. The van der Waals surface area contributed by atoms with Gasteiger partial charge in [0.05, 0.1) is 18.3 Å². The lowest BCUT2D eigenvalue weighted by atomic mass is 9.77. The maximum absolute atomic E-state index is 13.5. The minimum absolute atomic E-state index is 0.0647. The summed E-state index contributed by atoms with van der Waals surface area (Å²) < 4.78 is 0. The summed E-state index contributed by atoms with van der Waals surface area (Å²) in [4.78, 5) is 27.2. The van der Waals surface area contributed by atoms with E-state index in [0.29, 0.717) is 36.3 Å². The maximum Gasteiger partial charge on any atom is 0.270 e. The van der Waals surface area contributed by atoms with Gasteiger partial charge < -0.3 is 20.3 Å². The van der Waals surface area contributed by atoms with Gasteiger partial charge in [0.2, 0.25) is 0 Å². The first kappa shape index (κ1) is 20.0. The Morgan fingerprint density at radius 3 is 2.58 bits per heavy atom. The zero-order valence-electron chi connectivity index (χ0n) is 18.2. The molecule has 0 unspecified atom stereocenters. The van der Waals surface area contributed by atoms with Crippen LogP contribution in [0.2, 0.25) is 0 Å². The van der Waals surface area contributed by atoms with Crippen molar-refractivity contribution < 1.29 is 9.90 Å². The number of nitrogens with zero attached hydrogens (tertiary/aromatic N) is 3. The van der Waals surface area contributed by atoms with Gasteiger partial charge in [-0.15, -0.1) is 0 Å². The number of aromatic amines is 1. The zero-order chi connectivity index (χ0) is 21.7. The molecule has 1 saturated carbocycles. The van der Waals surface area contributed by atoms with Crippen molar-refractivity contribution >= 4 is 22.6 Å². The molecule has 3 N–H and O–H groups in total. The van der Waals surface area contributed by atoms with E-state index in [0.717, 1.165) is 35.0 Å². The van der Waals surface area contributed by atoms with Gasteiger partial charge in [0.1, 0.15) is 11.5 Å². The highest BCUT2D eigenvalue weighted by molar-refractivity contribution is 6.02. The molecule has 31 heavy (non-hydrogen) atoms. The van der Waals surface area contributed by atoms with Crippen LogP contribution in [0.4, 0.5) is 5.82 Å². The quantitative estimate of drug-likeness (QED) is 0.606. The predicted molar refractivity (Wildman–Crippen MR) is 120 cm³/mol. The smallest absolute Gasteiger partial charge is 0.270 e. The first-order valence-corrected chi connectivity index (χ1v) is 11.0. The largest absolute Gasteiger partial charge is 0.391 e. The Bertz CT molecular complexity index is 1130. The van der Waals surface area contributed by atoms with Crippen LogP contribution in [0.25, 0.3) is 10.9 Å². The molecular formula is C24H29N5O2. The molecule has 0 spiro atoms. The van der Waals surface area contributed by atoms with Gasteiger partial charge >= 0.3 is 0 Å². The Morgan fingerprint density at radius 1 is 1.13 bits per heavy atom. The summed E-state index contributed by atoms with van der Waals surface area (Å²) in [5.41, 5.74) is 5.11. The summed E-state index contributed by atoms with van der Waals surface area (Å²) in [5.74, 6) is 1.44. The molecular weight excluding hydrogens is 390 g/mol. The fourth-order valence-electron chi connectivity index (χ4n) is 5.49. The number of fused-ring (bicyclic) bond motifs is 2. The van der Waals surface area contributed by atoms with Crippen LogP contribution < -0.4 is 5.32 Å². The van der Waals surface area contributed by atoms with Crippen LogP contribution in [0, 0.1) is 32.6 Å². The van der Waals surface area contributed by atoms with E-state index in [1.54, 1.807) is 18.6 Å². The lowest BCUT2D eigenvalue weighted by molar-refractivity contribution is 0.0726. The van der Waals surface area contributed by atoms with Crippen LogP contribution in [0.3, 0.4) is 0 Å². The molecule has 3 aromatic rings. The normalized spacial score (nSPS) is 25.6. The topological polar surface area (TPSA) is 94.1 Å². The van der Waals surface area contributed by atoms with E-state index in [4.69, 9.17) is 0 Å². The summed E-state index contributed by atoms with van der Waals surface area (Å²) in [5, 5.41) is 15.2. The number of likely N-dealkylation sites (tertiary alicyclic amines) is 1. The van der Waals surface area contributed by atoms with Crippen molar-refractivity contribution in [2.75, 3.05) is 18.4 Å². The van der Waals surface area contributed by atoms with Crippen molar-refractivity contribution in [2.24, 2.45) is 11.8 Å². The zero-order valence-corrected chi connectivity index (χ0v) is 18.2. The van der Waals surface area contributed by atoms with Gasteiger partial charge in [0.15, 0.2) is 0 Å². The number of hydrogen-bond donors (Lipinski definition) is 3. The van der Waals surface area contributed by atoms with Gasteiger partial charge in [-0.1, -0.05) is 12.1 Å². The van der Waals surface area contributed by atoms with E-state index in [9.17, 15) is 9.90 Å². The standard InChI is InChI=1S/C24H29N5O2/c1-13-4-5-14(2)22-21(13)15(3)23(28-22)24(31)29-11-16-8-18(19(30)9-17(16)12-29)27-20-10-25-6-7-26-20/h4-7,10,16-19,28,30H,8-9,11-12H2,1-3H3,(H,26,27)/t16-,17+,18-,19-/m1/s1. The van der Waals surface area contributed by atoms with Crippen molar-refractivity contribution in [3.63, 3.8) is 0 Å². The van der Waals surface area contributed by atoms with Crippen molar-refractivity contribution in [1.82, 2.24) is 19.9 Å². The summed E-state index contributed by atoms with van der Waals surface area (Å²) in [6.07, 6.45) is 5.99. The first-order chi connectivity index (χ1) is 14.9. The van der Waals surface area contributed by atoms with E-state index in [1.807, 2.05) is 11.8 Å². The third-order valence-electron chi connectivity index (χ3n) is 7.16. The molecule has 1 amide bonds. The monoisotopic (exact) mass is 419 g/mol. The van der Waals surface area contributed by atoms with E-state index in [-0.39, 0.29) is 11.9 Å². The highest BCUT2D eigenvalue weighted by Crippen LogP contribution is 2.38. The van der Waals surface area contributed by atoms with Crippen LogP contribution >= 0.6 is 0 Å². The molecule has 2 aliphatic rings. The maximum atomic E-state index is 13.5. The van der Waals surface area contributed by atoms with Crippen molar-refractivity contribution in [2.45, 2.75) is 45.8 Å². The summed E-state index contributed by atoms with van der Waals surface area (Å²) in [6.45, 7) is 7.62. The van der Waals surface area contributed by atoms with Gasteiger partial charge in [-0.25, -0.2) is 4.98 Å². The van der Waals surface area contributed by atoms with E-state index in [1.165, 1.54) is 5.56 Å². The second-order valence-electron chi connectivity index (χ2n) is 9.18. The van der Waals surface area contributed by atoms with E-state index >= 15 is 0 Å². The van der Waals surface area contributed by atoms with Gasteiger partial charge in [0, 0.05) is 36.4 Å². The lowest BCUT2D eigenvalue weighted by Gasteiger charge is -2.35. The minimum atomic E-state index is -0.460. The molecule has 2 aromatic heterocycles. The first-order valence-electron chi connectivity index (χ1n) is 11.0. The number of carbonyl (C=O) groups is 1. The Labute approximate surface area is 181 Å². The Hall–Kier alpha value is -2.93. The number of aromatic nitrogens is 3. The highest BCUT2D eigenvalue weighted by atomic mass is 16.3. The number of H-pyrrole nitrogens is 1. The third-order valence-corrected chi connectivity index (χ3v) is 7.16. The summed E-state index contributed by atoms with van der Waals surface area (Å²) >= 11 is 0. The lowest BCUT2D eigenvalue weighted by Crippen LogP contribution is -2.43. The predicted octanol–water partition coefficient (Wildman–Crippen LogP) is 3.21. The van der Waals surface area contributed by atoms with Gasteiger partial charge in [-0.05, 0) is 62.1 Å². The van der Waals surface area contributed by atoms with E-state index < -0.39 is 6.10 Å². The van der Waals surface area contributed by atoms with Crippen LogP contribution in [0.1, 0.15) is 40.0 Å². The van der Waals surface area contributed by atoms with Crippen molar-refractivity contribution in [1.29, 1.82) is 0 Å². The van der Waals surface area contributed by atoms with Gasteiger partial charge in [-0.2, -0.15) is 0 Å². The fraction of sp³-hybridized carbons (Fsp3) is 0.458. The molecule has 0 bridgehead atoms. The molecule has 1 aromatic carbocycles. The average Bonchev–Trinajstić information content (AvgIpc) is 3.33. The number of benzene rings is 1. The number of carbonyl (C=O) groups excluding carboxylic acids is 1. The Kier molecular flexibility index (Phi) is 4.93. The van der Waals surface area contributed by atoms with Crippen molar-refractivity contribution in [3.05, 3.63) is 53.1 Å². The van der Waals surface area contributed by atoms with Crippen molar-refractivity contribution in [3.8, 4) is 0 Å². The highest BCUT2D eigenvalue weighted by Gasteiger charge is 2.43. The molecule has 7 nitrogen and oxygen atoms in total. The third kappa shape index (κ3) is 3.47. The van der Waals surface area contributed by atoms with Gasteiger partial charge in [0.25, 0.3) is 5.91 Å². The van der Waals surface area contributed by atoms with E-state index in [2.05, 4.69) is 46.2 Å².